The molecular weight excluding hydrogens is 321 g/mol. The Balaban J connectivity index is 2.00. The van der Waals surface area contributed by atoms with Crippen molar-refractivity contribution in [2.24, 2.45) is 0 Å². The van der Waals surface area contributed by atoms with E-state index in [0.29, 0.717) is 27.0 Å². The molecule has 1 aromatic carbocycles. The first-order valence-electron chi connectivity index (χ1n) is 4.93. The number of nitrogen functional groups attached to an aromatic ring is 1. The minimum absolute atomic E-state index is 0.334. The lowest BCUT2D eigenvalue weighted by atomic mass is 10.3. The second-order valence-corrected chi connectivity index (χ2v) is 4.61. The lowest BCUT2D eigenvalue weighted by molar-refractivity contribution is 0.261. The van der Waals surface area contributed by atoms with E-state index in [9.17, 15) is 4.79 Å². The molecule has 0 spiro atoms. The summed E-state index contributed by atoms with van der Waals surface area (Å²) in [5, 5.41) is 5.51. The van der Waals surface area contributed by atoms with Crippen LogP contribution in [0.2, 0.25) is 5.02 Å². The highest BCUT2D eigenvalue weighted by Gasteiger charge is 2.06. The fourth-order valence-electron chi connectivity index (χ4n) is 1.26. The van der Waals surface area contributed by atoms with E-state index in [-0.39, 0.29) is 0 Å². The second-order valence-electron chi connectivity index (χ2n) is 3.42. The number of urea groups is 1. The van der Waals surface area contributed by atoms with Gasteiger partial charge in [-0.25, -0.2) is 4.79 Å². The van der Waals surface area contributed by atoms with Gasteiger partial charge in [0.25, 0.3) is 0 Å². The topological polar surface area (TPSA) is 80.3 Å². The van der Waals surface area contributed by atoms with Crippen LogP contribution in [0, 0.1) is 0 Å². The number of nitrogens with one attached hydrogen (secondary N) is 2. The number of hydrogen-bond acceptors (Lipinski definition) is 3. The highest BCUT2D eigenvalue weighted by atomic mass is 79.9. The van der Waals surface area contributed by atoms with Crippen LogP contribution in [0.15, 0.2) is 39.4 Å². The number of benzene rings is 1. The quantitative estimate of drug-likeness (QED) is 0.730. The van der Waals surface area contributed by atoms with Gasteiger partial charge in [-0.15, -0.1) is 0 Å². The summed E-state index contributed by atoms with van der Waals surface area (Å²) in [6, 6.07) is 7.70. The van der Waals surface area contributed by atoms with Crippen molar-refractivity contribution in [3.8, 4) is 0 Å². The number of carbonyl (C=O) groups excluding carboxylic acids is 1. The van der Waals surface area contributed by atoms with E-state index < -0.39 is 6.03 Å². The Labute approximate surface area is 116 Å². The molecule has 5 nitrogen and oxygen atoms in total. The molecule has 0 saturated carbocycles. The molecule has 1 heterocycles. The van der Waals surface area contributed by atoms with E-state index in [0.717, 1.165) is 0 Å². The van der Waals surface area contributed by atoms with E-state index in [1.165, 1.54) is 0 Å². The molecule has 2 amide bonds. The van der Waals surface area contributed by atoms with Crippen LogP contribution in [0.3, 0.4) is 0 Å². The maximum Gasteiger partial charge on any atom is 0.326 e. The van der Waals surface area contributed by atoms with Crippen LogP contribution in [0.5, 0.6) is 0 Å². The molecule has 0 bridgehead atoms. The van der Waals surface area contributed by atoms with Gasteiger partial charge >= 0.3 is 6.03 Å². The lowest BCUT2D eigenvalue weighted by Crippen LogP contribution is -2.19. The number of nitrogens with two attached hydrogens (primary N) is 1. The third kappa shape index (κ3) is 3.18. The molecule has 0 fully saturated rings. The first-order chi connectivity index (χ1) is 8.54. The van der Waals surface area contributed by atoms with E-state index in [2.05, 4.69) is 26.6 Å². The van der Waals surface area contributed by atoms with Crippen molar-refractivity contribution in [2.75, 3.05) is 16.4 Å². The molecule has 94 valence electrons. The van der Waals surface area contributed by atoms with E-state index in [1.807, 2.05) is 0 Å². The molecule has 7 heteroatoms. The highest BCUT2D eigenvalue weighted by molar-refractivity contribution is 9.10. The SMILES string of the molecule is Nc1ccc(NC(=O)Nc2ccc(Br)o2)cc1Cl. The first-order valence-corrected chi connectivity index (χ1v) is 6.10. The normalized spacial score (nSPS) is 10.1. The second kappa shape index (κ2) is 5.32. The number of carbonyl (C=O) groups is 1. The highest BCUT2D eigenvalue weighted by Crippen LogP contribution is 2.23. The third-order valence-electron chi connectivity index (χ3n) is 2.07. The maximum absolute atomic E-state index is 11.6. The molecule has 0 radical (unpaired) electrons. The van der Waals surface area contributed by atoms with Crippen molar-refractivity contribution in [2.45, 2.75) is 0 Å². The van der Waals surface area contributed by atoms with E-state index in [4.69, 9.17) is 21.8 Å². The molecule has 0 aliphatic heterocycles. The summed E-state index contributed by atoms with van der Waals surface area (Å²) >= 11 is 8.98. The van der Waals surface area contributed by atoms with Gasteiger partial charge in [0.05, 0.1) is 10.7 Å². The number of amides is 2. The Bertz CT molecular complexity index is 585. The molecule has 0 atom stereocenters. The average molecular weight is 331 g/mol. The Morgan fingerprint density at radius 2 is 2.06 bits per heavy atom. The van der Waals surface area contributed by atoms with Crippen LogP contribution < -0.4 is 16.4 Å². The zero-order chi connectivity index (χ0) is 13.1. The molecule has 0 saturated heterocycles. The van der Waals surface area contributed by atoms with Gasteiger partial charge in [0, 0.05) is 11.8 Å². The number of hydrogen-bond donors (Lipinski definition) is 3. The van der Waals surface area contributed by atoms with Crippen molar-refractivity contribution >= 4 is 50.8 Å². The van der Waals surface area contributed by atoms with Gasteiger partial charge in [-0.05, 0) is 40.2 Å². The third-order valence-corrected chi connectivity index (χ3v) is 2.82. The minimum Gasteiger partial charge on any atom is -0.434 e. The van der Waals surface area contributed by atoms with Crippen LogP contribution in [0.25, 0.3) is 0 Å². The smallest absolute Gasteiger partial charge is 0.326 e. The largest absolute Gasteiger partial charge is 0.434 e. The minimum atomic E-state index is -0.433. The fraction of sp³-hybridized carbons (Fsp3) is 0. The van der Waals surface area contributed by atoms with E-state index in [1.54, 1.807) is 30.3 Å². The van der Waals surface area contributed by atoms with Crippen molar-refractivity contribution in [1.82, 2.24) is 0 Å². The molecule has 18 heavy (non-hydrogen) atoms. The molecule has 1 aromatic heterocycles. The van der Waals surface area contributed by atoms with Crippen LogP contribution in [0.4, 0.5) is 22.1 Å². The summed E-state index contributed by atoms with van der Waals surface area (Å²) in [6.45, 7) is 0. The van der Waals surface area contributed by atoms with Gasteiger partial charge in [0.2, 0.25) is 5.88 Å². The number of rotatable bonds is 2. The molecule has 0 aliphatic carbocycles. The average Bonchev–Trinajstić information content (AvgIpc) is 2.69. The zero-order valence-corrected chi connectivity index (χ0v) is 11.4. The van der Waals surface area contributed by atoms with Crippen molar-refractivity contribution in [1.29, 1.82) is 0 Å². The summed E-state index contributed by atoms with van der Waals surface area (Å²) in [7, 11) is 0. The summed E-state index contributed by atoms with van der Waals surface area (Å²) in [5.41, 5.74) is 6.56. The van der Waals surface area contributed by atoms with Crippen LogP contribution in [-0.2, 0) is 0 Å². The lowest BCUT2D eigenvalue weighted by Gasteiger charge is -2.06. The van der Waals surface area contributed by atoms with Crippen molar-refractivity contribution < 1.29 is 9.21 Å². The Morgan fingerprint density at radius 1 is 1.28 bits per heavy atom. The predicted octanol–water partition coefficient (Wildman–Crippen LogP) is 3.92. The summed E-state index contributed by atoms with van der Waals surface area (Å²) in [5.74, 6) is 0.334. The van der Waals surface area contributed by atoms with Crippen molar-refractivity contribution in [3.05, 3.63) is 40.0 Å². The maximum atomic E-state index is 11.6. The van der Waals surface area contributed by atoms with Crippen LogP contribution >= 0.6 is 27.5 Å². The van der Waals surface area contributed by atoms with Gasteiger partial charge in [0.15, 0.2) is 4.67 Å². The molecule has 0 unspecified atom stereocenters. The molecule has 2 rings (SSSR count). The summed E-state index contributed by atoms with van der Waals surface area (Å²) < 4.78 is 5.67. The van der Waals surface area contributed by atoms with Gasteiger partial charge in [-0.1, -0.05) is 11.6 Å². The van der Waals surface area contributed by atoms with Crippen molar-refractivity contribution in [3.63, 3.8) is 0 Å². The monoisotopic (exact) mass is 329 g/mol. The fourth-order valence-corrected chi connectivity index (χ4v) is 1.75. The van der Waals surface area contributed by atoms with E-state index >= 15 is 0 Å². The molecule has 0 aliphatic rings. The Hall–Kier alpha value is -1.66. The summed E-state index contributed by atoms with van der Waals surface area (Å²) in [6.07, 6.45) is 0. The zero-order valence-electron chi connectivity index (χ0n) is 9.04. The predicted molar refractivity (Wildman–Crippen MR) is 74.9 cm³/mol. The molecule has 2 aromatic rings. The van der Waals surface area contributed by atoms with Gasteiger partial charge in [0.1, 0.15) is 0 Å². The van der Waals surface area contributed by atoms with Gasteiger partial charge in [-0.2, -0.15) is 0 Å². The standard InChI is InChI=1S/C11H9BrClN3O2/c12-9-3-4-10(18-9)16-11(17)15-6-1-2-8(14)7(13)5-6/h1-5H,14H2,(H2,15,16,17). The first kappa shape index (κ1) is 12.8. The molecular formula is C11H9BrClN3O2. The van der Waals surface area contributed by atoms with Crippen LogP contribution in [-0.4, -0.2) is 6.03 Å². The van der Waals surface area contributed by atoms with Crippen LogP contribution in [0.1, 0.15) is 0 Å². The number of anilines is 3. The Morgan fingerprint density at radius 3 is 2.67 bits per heavy atom. The number of furan rings is 1. The summed E-state index contributed by atoms with van der Waals surface area (Å²) in [4.78, 5) is 11.6. The van der Waals surface area contributed by atoms with Gasteiger partial charge < -0.3 is 15.5 Å². The number of halogens is 2. The Kier molecular flexibility index (Phi) is 3.78. The van der Waals surface area contributed by atoms with Gasteiger partial charge in [-0.3, -0.25) is 5.32 Å². The molecule has 4 N–H and O–H groups in total.